The highest BCUT2D eigenvalue weighted by atomic mass is 35.5. The van der Waals surface area contributed by atoms with E-state index in [2.05, 4.69) is 10.3 Å². The third-order valence-corrected chi connectivity index (χ3v) is 3.32. The maximum atomic E-state index is 12.3. The summed E-state index contributed by atoms with van der Waals surface area (Å²) >= 11 is 11.8. The number of hydrogen-bond donors (Lipinski definition) is 2. The second-order valence-corrected chi connectivity index (χ2v) is 5.09. The summed E-state index contributed by atoms with van der Waals surface area (Å²) in [4.78, 5) is 16.2. The topological polar surface area (TPSA) is 77.2 Å². The molecule has 1 aromatic carbocycles. The Bertz CT molecular complexity index is 682. The normalized spacial score (nSPS) is 10.3. The van der Waals surface area contributed by atoms with Crippen molar-refractivity contribution in [1.82, 2.24) is 4.98 Å². The van der Waals surface area contributed by atoms with Crippen LogP contribution in [0.4, 0.5) is 11.4 Å². The Kier molecular flexibility index (Phi) is 4.55. The van der Waals surface area contributed by atoms with Gasteiger partial charge in [-0.2, -0.15) is 0 Å². The van der Waals surface area contributed by atoms with Gasteiger partial charge in [-0.25, -0.2) is 4.98 Å². The van der Waals surface area contributed by atoms with Crippen LogP contribution >= 0.6 is 23.2 Å². The van der Waals surface area contributed by atoms with Gasteiger partial charge in [-0.1, -0.05) is 23.2 Å². The van der Waals surface area contributed by atoms with Crippen molar-refractivity contribution < 1.29 is 9.53 Å². The van der Waals surface area contributed by atoms with Gasteiger partial charge < -0.3 is 15.8 Å². The number of halogens is 2. The first-order chi connectivity index (χ1) is 9.92. The molecular formula is C14H13Cl2N3O2. The third kappa shape index (κ3) is 3.37. The highest BCUT2D eigenvalue weighted by molar-refractivity contribution is 6.35. The van der Waals surface area contributed by atoms with Crippen LogP contribution in [-0.4, -0.2) is 18.0 Å². The van der Waals surface area contributed by atoms with E-state index in [0.29, 0.717) is 28.3 Å². The Labute approximate surface area is 132 Å². The number of aromatic nitrogens is 1. The number of amides is 1. The van der Waals surface area contributed by atoms with Crippen LogP contribution in [0.5, 0.6) is 5.75 Å². The number of hydrogen-bond acceptors (Lipinski definition) is 4. The van der Waals surface area contributed by atoms with Crippen LogP contribution in [-0.2, 0) is 0 Å². The molecule has 0 bridgehead atoms. The minimum atomic E-state index is -0.374. The molecule has 1 amide bonds. The molecule has 21 heavy (non-hydrogen) atoms. The van der Waals surface area contributed by atoms with Crippen molar-refractivity contribution in [2.45, 2.75) is 6.92 Å². The van der Waals surface area contributed by atoms with Crippen molar-refractivity contribution >= 4 is 40.5 Å². The number of anilines is 2. The first-order valence-corrected chi connectivity index (χ1v) is 6.75. The molecule has 0 aliphatic heterocycles. The number of carbonyl (C=O) groups is 1. The van der Waals surface area contributed by atoms with E-state index in [1.165, 1.54) is 7.11 Å². The van der Waals surface area contributed by atoms with Crippen LogP contribution in [0.25, 0.3) is 0 Å². The molecule has 0 atom stereocenters. The monoisotopic (exact) mass is 325 g/mol. The molecule has 5 nitrogen and oxygen atoms in total. The van der Waals surface area contributed by atoms with E-state index < -0.39 is 0 Å². The molecule has 0 aliphatic rings. The number of benzene rings is 1. The van der Waals surface area contributed by atoms with Crippen molar-refractivity contribution in [1.29, 1.82) is 0 Å². The lowest BCUT2D eigenvalue weighted by atomic mass is 10.1. The predicted molar refractivity (Wildman–Crippen MR) is 84.4 cm³/mol. The maximum Gasteiger partial charge on any atom is 0.259 e. The van der Waals surface area contributed by atoms with Crippen molar-refractivity contribution in [3.8, 4) is 5.75 Å². The zero-order chi connectivity index (χ0) is 15.6. The lowest BCUT2D eigenvalue weighted by Crippen LogP contribution is -2.15. The van der Waals surface area contributed by atoms with Crippen LogP contribution in [0, 0.1) is 6.92 Å². The second kappa shape index (κ2) is 6.20. The summed E-state index contributed by atoms with van der Waals surface area (Å²) in [5.74, 6) is 0.00386. The quantitative estimate of drug-likeness (QED) is 0.668. The molecule has 0 unspecified atom stereocenters. The van der Waals surface area contributed by atoms with Crippen LogP contribution in [0.3, 0.4) is 0 Å². The number of aryl methyl sites for hydroxylation is 1. The standard InChI is InChI=1S/C14H13Cl2N3O2/c1-7-5-11(15)18-13(16)12(7)19-14(20)9-4-3-8(17)6-10(9)21-2/h3-6H,17H2,1-2H3,(H,19,20). The number of nitrogens with zero attached hydrogens (tertiary/aromatic N) is 1. The molecule has 1 aromatic heterocycles. The zero-order valence-electron chi connectivity index (χ0n) is 11.4. The molecule has 2 aromatic rings. The number of rotatable bonds is 3. The molecule has 0 saturated heterocycles. The molecule has 0 radical (unpaired) electrons. The first kappa shape index (κ1) is 15.4. The van der Waals surface area contributed by atoms with E-state index in [4.69, 9.17) is 33.7 Å². The van der Waals surface area contributed by atoms with Gasteiger partial charge in [0.05, 0.1) is 18.4 Å². The summed E-state index contributed by atoms with van der Waals surface area (Å²) in [6.45, 7) is 1.77. The fraction of sp³-hybridized carbons (Fsp3) is 0.143. The largest absolute Gasteiger partial charge is 0.496 e. The van der Waals surface area contributed by atoms with Gasteiger partial charge in [-0.3, -0.25) is 4.79 Å². The van der Waals surface area contributed by atoms with Crippen LogP contribution in [0.15, 0.2) is 24.3 Å². The van der Waals surface area contributed by atoms with Crippen molar-refractivity contribution in [3.63, 3.8) is 0 Å². The van der Waals surface area contributed by atoms with Crippen molar-refractivity contribution in [2.75, 3.05) is 18.2 Å². The van der Waals surface area contributed by atoms with E-state index in [9.17, 15) is 4.79 Å². The number of methoxy groups -OCH3 is 1. The fourth-order valence-corrected chi connectivity index (χ4v) is 2.40. The maximum absolute atomic E-state index is 12.3. The lowest BCUT2D eigenvalue weighted by Gasteiger charge is -2.12. The highest BCUT2D eigenvalue weighted by Gasteiger charge is 2.16. The summed E-state index contributed by atoms with van der Waals surface area (Å²) < 4.78 is 5.15. The summed E-state index contributed by atoms with van der Waals surface area (Å²) in [5, 5.41) is 3.10. The number of carbonyl (C=O) groups excluding carboxylic acids is 1. The smallest absolute Gasteiger partial charge is 0.259 e. The molecule has 110 valence electrons. The van der Waals surface area contributed by atoms with E-state index in [-0.39, 0.29) is 16.2 Å². The van der Waals surface area contributed by atoms with Gasteiger partial charge in [0.1, 0.15) is 10.9 Å². The molecule has 1 heterocycles. The number of nitrogens with one attached hydrogen (secondary N) is 1. The Hall–Kier alpha value is -1.98. The molecular weight excluding hydrogens is 313 g/mol. The van der Waals surface area contributed by atoms with E-state index >= 15 is 0 Å². The van der Waals surface area contributed by atoms with Gasteiger partial charge in [-0.05, 0) is 30.7 Å². The average Bonchev–Trinajstić information content (AvgIpc) is 2.42. The average molecular weight is 326 g/mol. The summed E-state index contributed by atoms with van der Waals surface area (Å²) in [6, 6.07) is 6.38. The van der Waals surface area contributed by atoms with Gasteiger partial charge >= 0.3 is 0 Å². The minimum Gasteiger partial charge on any atom is -0.496 e. The summed E-state index contributed by atoms with van der Waals surface area (Å²) in [5.41, 5.74) is 7.63. The minimum absolute atomic E-state index is 0.128. The molecule has 0 spiro atoms. The van der Waals surface area contributed by atoms with Gasteiger partial charge in [0.25, 0.3) is 5.91 Å². The second-order valence-electron chi connectivity index (χ2n) is 4.34. The Balaban J connectivity index is 2.35. The van der Waals surface area contributed by atoms with Crippen molar-refractivity contribution in [3.05, 3.63) is 45.7 Å². The summed E-state index contributed by atoms with van der Waals surface area (Å²) in [7, 11) is 1.47. The van der Waals surface area contributed by atoms with Gasteiger partial charge in [0.15, 0.2) is 5.15 Å². The molecule has 0 aliphatic carbocycles. The summed E-state index contributed by atoms with van der Waals surface area (Å²) in [6.07, 6.45) is 0. The Morgan fingerprint density at radius 1 is 1.33 bits per heavy atom. The highest BCUT2D eigenvalue weighted by Crippen LogP contribution is 2.28. The molecule has 3 N–H and O–H groups in total. The zero-order valence-corrected chi connectivity index (χ0v) is 12.9. The number of nitrogen functional groups attached to an aromatic ring is 1. The Morgan fingerprint density at radius 2 is 2.05 bits per heavy atom. The van der Waals surface area contributed by atoms with E-state index in [1.807, 2.05) is 0 Å². The number of pyridine rings is 1. The van der Waals surface area contributed by atoms with Crippen LogP contribution in [0.1, 0.15) is 15.9 Å². The fourth-order valence-electron chi connectivity index (χ4n) is 1.82. The van der Waals surface area contributed by atoms with Gasteiger partial charge in [0, 0.05) is 11.8 Å². The predicted octanol–water partition coefficient (Wildman–Crippen LogP) is 3.54. The number of nitrogens with two attached hydrogens (primary N) is 1. The van der Waals surface area contributed by atoms with Gasteiger partial charge in [-0.15, -0.1) is 0 Å². The molecule has 0 fully saturated rings. The molecule has 2 rings (SSSR count). The molecule has 0 saturated carbocycles. The Morgan fingerprint density at radius 3 is 2.67 bits per heavy atom. The van der Waals surface area contributed by atoms with Gasteiger partial charge in [0.2, 0.25) is 0 Å². The van der Waals surface area contributed by atoms with Crippen LogP contribution in [0.2, 0.25) is 10.3 Å². The van der Waals surface area contributed by atoms with E-state index in [0.717, 1.165) is 0 Å². The van der Waals surface area contributed by atoms with Crippen molar-refractivity contribution in [2.24, 2.45) is 0 Å². The SMILES string of the molecule is COc1cc(N)ccc1C(=O)Nc1c(C)cc(Cl)nc1Cl. The lowest BCUT2D eigenvalue weighted by molar-refractivity contribution is 0.102. The third-order valence-electron chi connectivity index (χ3n) is 2.85. The molecule has 7 heteroatoms. The first-order valence-electron chi connectivity index (χ1n) is 6.00. The van der Waals surface area contributed by atoms with Crippen LogP contribution < -0.4 is 15.8 Å². The number of ether oxygens (including phenoxy) is 1. The van der Waals surface area contributed by atoms with E-state index in [1.54, 1.807) is 31.2 Å².